The minimum absolute atomic E-state index is 0.109. The van der Waals surface area contributed by atoms with Crippen molar-refractivity contribution < 1.29 is 44.3 Å². The summed E-state index contributed by atoms with van der Waals surface area (Å²) < 4.78 is 127. The lowest BCUT2D eigenvalue weighted by atomic mass is 9.84. The second-order valence-corrected chi connectivity index (χ2v) is 7.83. The first-order valence-electron chi connectivity index (χ1n) is 10.2. The quantitative estimate of drug-likeness (QED) is 0.376. The number of hydrogen-bond acceptors (Lipinski definition) is 1. The van der Waals surface area contributed by atoms with Crippen LogP contribution in [0.25, 0.3) is 5.57 Å². The molecule has 180 valence electrons. The molecule has 0 heterocycles. The molecule has 1 aliphatic rings. The first-order chi connectivity index (χ1) is 15.3. The fourth-order valence-corrected chi connectivity index (χ4v) is 3.91. The smallest absolute Gasteiger partial charge is 0.429 e. The summed E-state index contributed by atoms with van der Waals surface area (Å²) >= 11 is 0. The molecule has 10 heteroatoms. The van der Waals surface area contributed by atoms with Gasteiger partial charge in [-0.1, -0.05) is 31.9 Å². The van der Waals surface area contributed by atoms with E-state index >= 15 is 0 Å². The maximum absolute atomic E-state index is 14.6. The van der Waals surface area contributed by atoms with Gasteiger partial charge in [0.1, 0.15) is 28.5 Å². The molecule has 0 radical (unpaired) electrons. The Morgan fingerprint density at radius 2 is 1.58 bits per heavy atom. The van der Waals surface area contributed by atoms with Gasteiger partial charge in [-0.3, -0.25) is 0 Å². The van der Waals surface area contributed by atoms with Crippen LogP contribution in [0.3, 0.4) is 0 Å². The van der Waals surface area contributed by atoms with Gasteiger partial charge in [-0.15, -0.1) is 0 Å². The molecular formula is C23H19F9O. The molecule has 0 fully saturated rings. The van der Waals surface area contributed by atoms with Crippen LogP contribution in [0.5, 0.6) is 5.75 Å². The van der Waals surface area contributed by atoms with Crippen molar-refractivity contribution >= 4 is 5.57 Å². The van der Waals surface area contributed by atoms with Gasteiger partial charge in [0.15, 0.2) is 11.6 Å². The minimum atomic E-state index is -5.41. The van der Waals surface area contributed by atoms with E-state index in [1.54, 1.807) is 6.08 Å². The first kappa shape index (κ1) is 25.0. The molecule has 1 unspecified atom stereocenters. The van der Waals surface area contributed by atoms with Gasteiger partial charge in [0, 0.05) is 17.7 Å². The van der Waals surface area contributed by atoms with Crippen molar-refractivity contribution in [1.29, 1.82) is 0 Å². The summed E-state index contributed by atoms with van der Waals surface area (Å²) in [6, 6.07) is 1.30. The van der Waals surface area contributed by atoms with Crippen molar-refractivity contribution in [2.45, 2.75) is 51.3 Å². The van der Waals surface area contributed by atoms with Crippen LogP contribution >= 0.6 is 0 Å². The monoisotopic (exact) mass is 482 g/mol. The van der Waals surface area contributed by atoms with Crippen LogP contribution in [0, 0.1) is 29.2 Å². The Bertz CT molecular complexity index is 1030. The number of alkyl halides is 5. The Balaban J connectivity index is 1.88. The van der Waals surface area contributed by atoms with E-state index in [1.165, 1.54) is 0 Å². The average Bonchev–Trinajstić information content (AvgIpc) is 2.69. The molecule has 0 aliphatic heterocycles. The molecule has 1 atom stereocenters. The zero-order chi connectivity index (χ0) is 24.6. The van der Waals surface area contributed by atoms with Gasteiger partial charge in [0.25, 0.3) is 0 Å². The number of ether oxygens (including phenoxy) is 1. The van der Waals surface area contributed by atoms with Crippen molar-refractivity contribution in [3.8, 4) is 5.75 Å². The fraction of sp³-hybridized carbons (Fsp3) is 0.391. The summed E-state index contributed by atoms with van der Waals surface area (Å²) in [5.74, 6) is -8.78. The highest BCUT2D eigenvalue weighted by atomic mass is 19.4. The third-order valence-corrected chi connectivity index (χ3v) is 5.50. The largest absolute Gasteiger partial charge is 0.429 e. The van der Waals surface area contributed by atoms with Gasteiger partial charge in [0.2, 0.25) is 0 Å². The summed E-state index contributed by atoms with van der Waals surface area (Å²) in [5.41, 5.74) is -3.57. The van der Waals surface area contributed by atoms with E-state index in [9.17, 15) is 39.5 Å². The highest BCUT2D eigenvalue weighted by molar-refractivity contribution is 5.67. The maximum atomic E-state index is 14.6. The molecular weight excluding hydrogens is 463 g/mol. The van der Waals surface area contributed by atoms with E-state index in [0.717, 1.165) is 25.3 Å². The molecule has 0 saturated carbocycles. The molecule has 0 spiro atoms. The predicted octanol–water partition coefficient (Wildman–Crippen LogP) is 8.37. The normalized spacial score (nSPS) is 17.2. The van der Waals surface area contributed by atoms with Gasteiger partial charge < -0.3 is 4.74 Å². The van der Waals surface area contributed by atoms with Crippen molar-refractivity contribution in [2.24, 2.45) is 5.92 Å². The van der Waals surface area contributed by atoms with Crippen LogP contribution in [-0.4, -0.2) is 0 Å². The Kier molecular flexibility index (Phi) is 7.04. The van der Waals surface area contributed by atoms with Crippen molar-refractivity contribution in [3.63, 3.8) is 0 Å². The zero-order valence-electron chi connectivity index (χ0n) is 17.3. The van der Waals surface area contributed by atoms with Crippen LogP contribution in [-0.2, 0) is 12.3 Å². The summed E-state index contributed by atoms with van der Waals surface area (Å²) in [6.45, 7) is 2.03. The number of rotatable bonds is 6. The first-order valence-corrected chi connectivity index (χ1v) is 10.2. The molecule has 2 aromatic rings. The lowest BCUT2D eigenvalue weighted by molar-refractivity contribution is -0.188. The maximum Gasteiger partial charge on any atom is 0.429 e. The van der Waals surface area contributed by atoms with Gasteiger partial charge in [0.05, 0.1) is 0 Å². The third kappa shape index (κ3) is 5.30. The topological polar surface area (TPSA) is 9.23 Å². The SMILES string of the molecule is CCCC1CC=C(c2ccc(C(F)(F)Oc3cc(F)c(C(F)(F)F)c(F)c3)c(F)c2F)CC1. The van der Waals surface area contributed by atoms with E-state index in [0.29, 0.717) is 30.4 Å². The number of hydrogen-bond donors (Lipinski definition) is 0. The second kappa shape index (κ2) is 9.30. The van der Waals surface area contributed by atoms with Crippen molar-refractivity contribution in [3.05, 3.63) is 70.3 Å². The van der Waals surface area contributed by atoms with Crippen molar-refractivity contribution in [2.75, 3.05) is 0 Å². The average molecular weight is 482 g/mol. The molecule has 1 nitrogen and oxygen atoms in total. The predicted molar refractivity (Wildman–Crippen MR) is 102 cm³/mol. The Hall–Kier alpha value is -2.65. The highest BCUT2D eigenvalue weighted by Gasteiger charge is 2.42. The Morgan fingerprint density at radius 1 is 0.939 bits per heavy atom. The standard InChI is InChI=1S/C23H19F9O/c1-2-3-12-4-6-13(7-5-12)15-8-9-16(21(27)20(15)26)23(31,32)33-14-10-17(24)19(18(25)11-14)22(28,29)30/h6,8-12H,2-5,7H2,1H3. The molecule has 3 rings (SSSR count). The highest BCUT2D eigenvalue weighted by Crippen LogP contribution is 2.40. The lowest BCUT2D eigenvalue weighted by Crippen LogP contribution is -2.25. The fourth-order valence-electron chi connectivity index (χ4n) is 3.91. The number of allylic oxidation sites excluding steroid dienone is 2. The van der Waals surface area contributed by atoms with Crippen LogP contribution in [0.15, 0.2) is 30.3 Å². The van der Waals surface area contributed by atoms with Crippen LogP contribution in [0.1, 0.15) is 55.7 Å². The summed E-state index contributed by atoms with van der Waals surface area (Å²) in [5, 5.41) is 0. The van der Waals surface area contributed by atoms with Gasteiger partial charge in [-0.2, -0.15) is 22.0 Å². The Labute approximate surface area is 183 Å². The van der Waals surface area contributed by atoms with Crippen LogP contribution in [0.2, 0.25) is 0 Å². The van der Waals surface area contributed by atoms with E-state index in [4.69, 9.17) is 0 Å². The Morgan fingerprint density at radius 3 is 2.09 bits per heavy atom. The second-order valence-electron chi connectivity index (χ2n) is 7.83. The molecule has 2 aromatic carbocycles. The van der Waals surface area contributed by atoms with Crippen LogP contribution < -0.4 is 4.74 Å². The van der Waals surface area contributed by atoms with Gasteiger partial charge in [-0.05, 0) is 36.8 Å². The third-order valence-electron chi connectivity index (χ3n) is 5.50. The molecule has 1 aliphatic carbocycles. The van der Waals surface area contributed by atoms with Crippen LogP contribution in [0.4, 0.5) is 39.5 Å². The lowest BCUT2D eigenvalue weighted by Gasteiger charge is -2.23. The minimum Gasteiger partial charge on any atom is -0.429 e. The molecule has 0 saturated heterocycles. The van der Waals surface area contributed by atoms with E-state index in [1.807, 2.05) is 6.92 Å². The molecule has 0 N–H and O–H groups in total. The van der Waals surface area contributed by atoms with Gasteiger partial charge in [-0.25, -0.2) is 17.6 Å². The van der Waals surface area contributed by atoms with E-state index < -0.39 is 52.4 Å². The summed E-state index contributed by atoms with van der Waals surface area (Å²) in [6.07, 6.45) is -4.51. The van der Waals surface area contributed by atoms with Crippen molar-refractivity contribution in [1.82, 2.24) is 0 Å². The summed E-state index contributed by atoms with van der Waals surface area (Å²) in [4.78, 5) is 0. The molecule has 33 heavy (non-hydrogen) atoms. The van der Waals surface area contributed by atoms with E-state index in [2.05, 4.69) is 4.74 Å². The summed E-state index contributed by atoms with van der Waals surface area (Å²) in [7, 11) is 0. The number of halogens is 9. The molecule has 0 bridgehead atoms. The van der Waals surface area contributed by atoms with Gasteiger partial charge >= 0.3 is 12.3 Å². The zero-order valence-corrected chi connectivity index (χ0v) is 17.3. The van der Waals surface area contributed by atoms with E-state index in [-0.39, 0.29) is 17.7 Å². The number of benzene rings is 2. The molecule has 0 aromatic heterocycles. The molecule has 0 amide bonds.